The molecular formula is C12H9F7N2O3S. The number of carboxylic acid groups (broad SMARTS) is 1. The van der Waals surface area contributed by atoms with Crippen LogP contribution >= 0.6 is 10.2 Å². The maximum Gasteiger partial charge on any atom is 0.343 e. The van der Waals surface area contributed by atoms with Crippen molar-refractivity contribution in [1.29, 1.82) is 0 Å². The molecule has 13 heteroatoms. The van der Waals surface area contributed by atoms with Gasteiger partial charge in [0, 0.05) is 13.1 Å². The number of aromatic carboxylic acids is 1. The molecule has 0 saturated carbocycles. The van der Waals surface area contributed by atoms with Crippen LogP contribution in [0.1, 0.15) is 22.5 Å². The first-order valence-electron chi connectivity index (χ1n) is 6.20. The largest absolute Gasteiger partial charge is 0.477 e. The molecule has 140 valence electrons. The fourth-order valence-electron chi connectivity index (χ4n) is 1.89. The molecule has 0 fully saturated rings. The number of nitrogens with zero attached hydrogens (tertiary/aromatic N) is 2. The van der Waals surface area contributed by atoms with Crippen LogP contribution in [0.2, 0.25) is 0 Å². The highest BCUT2D eigenvalue weighted by molar-refractivity contribution is 8.45. The monoisotopic (exact) mass is 394 g/mol. The molecule has 2 aromatic rings. The maximum atomic E-state index is 12.8. The molecule has 1 aromatic carbocycles. The summed E-state index contributed by atoms with van der Waals surface area (Å²) in [6, 6.07) is 1.49. The van der Waals surface area contributed by atoms with E-state index < -0.39 is 50.4 Å². The Kier molecular flexibility index (Phi) is 3.80. The number of hydrogen-bond acceptors (Lipinski definition) is 3. The van der Waals surface area contributed by atoms with Crippen LogP contribution in [0.25, 0.3) is 0 Å². The number of aryl methyl sites for hydroxylation is 1. The van der Waals surface area contributed by atoms with E-state index >= 15 is 0 Å². The first-order chi connectivity index (χ1) is 11.1. The second kappa shape index (κ2) is 5.03. The van der Waals surface area contributed by atoms with E-state index in [9.17, 15) is 33.0 Å². The summed E-state index contributed by atoms with van der Waals surface area (Å²) in [6.07, 6.45) is -3.30. The Morgan fingerprint density at radius 3 is 2.32 bits per heavy atom. The lowest BCUT2D eigenvalue weighted by Gasteiger charge is -2.40. The molecular weight excluding hydrogens is 385 g/mol. The van der Waals surface area contributed by atoms with Gasteiger partial charge >= 0.3 is 16.2 Å². The number of hydrogen-bond donors (Lipinski definition) is 1. The molecule has 0 amide bonds. The number of benzene rings is 1. The first-order valence-corrected chi connectivity index (χ1v) is 8.15. The fraction of sp³-hybridized carbons (Fsp3) is 0.167. The Bertz CT molecular complexity index is 849. The van der Waals surface area contributed by atoms with Crippen molar-refractivity contribution in [2.45, 2.75) is 11.3 Å². The average molecular weight is 394 g/mol. The topological polar surface area (TPSA) is 64.4 Å². The van der Waals surface area contributed by atoms with Crippen LogP contribution in [0.4, 0.5) is 28.2 Å². The van der Waals surface area contributed by atoms with E-state index in [0.29, 0.717) is 10.7 Å². The fourth-order valence-corrected chi connectivity index (χ4v) is 2.56. The normalized spacial score (nSPS) is 14.9. The van der Waals surface area contributed by atoms with Gasteiger partial charge in [0.1, 0.15) is 16.3 Å². The van der Waals surface area contributed by atoms with E-state index in [4.69, 9.17) is 9.84 Å². The number of ether oxygens (including phenoxy) is 1. The highest BCUT2D eigenvalue weighted by Crippen LogP contribution is 3.02. The molecule has 0 bridgehead atoms. The molecule has 25 heavy (non-hydrogen) atoms. The lowest BCUT2D eigenvalue weighted by Crippen LogP contribution is -2.06. The molecule has 0 atom stereocenters. The molecule has 1 heterocycles. The van der Waals surface area contributed by atoms with Crippen LogP contribution in [-0.4, -0.2) is 20.9 Å². The number of halogens is 7. The zero-order valence-corrected chi connectivity index (χ0v) is 12.9. The summed E-state index contributed by atoms with van der Waals surface area (Å²) in [5.74, 6) is -3.53. The van der Waals surface area contributed by atoms with Gasteiger partial charge in [-0.2, -0.15) is 5.10 Å². The van der Waals surface area contributed by atoms with Gasteiger partial charge in [-0.3, -0.25) is 0 Å². The Morgan fingerprint density at radius 2 is 1.84 bits per heavy atom. The quantitative estimate of drug-likeness (QED) is 0.680. The van der Waals surface area contributed by atoms with Crippen LogP contribution in [0.15, 0.2) is 29.2 Å². The van der Waals surface area contributed by atoms with Crippen LogP contribution in [0, 0.1) is 0 Å². The molecule has 0 spiro atoms. The van der Waals surface area contributed by atoms with Gasteiger partial charge in [-0.05, 0) is 12.1 Å². The van der Waals surface area contributed by atoms with E-state index in [1.54, 1.807) is 0 Å². The number of aromatic nitrogens is 2. The summed E-state index contributed by atoms with van der Waals surface area (Å²) in [6.45, 7) is 0. The van der Waals surface area contributed by atoms with Crippen molar-refractivity contribution in [3.8, 4) is 11.6 Å². The van der Waals surface area contributed by atoms with Crippen molar-refractivity contribution < 1.29 is 42.8 Å². The molecule has 5 nitrogen and oxygen atoms in total. The molecule has 0 saturated heterocycles. The van der Waals surface area contributed by atoms with E-state index in [2.05, 4.69) is 5.10 Å². The standard InChI is InChI=1S/C12H9F7N2O3S/c1-21-11(8(12(22)23)9(20-21)10(13)14)24-6-3-2-4-7(5-6)25(15,16,17,18)19/h2-5,10H,1H3,(H,22,23). The van der Waals surface area contributed by atoms with Crippen molar-refractivity contribution in [3.63, 3.8) is 0 Å². The molecule has 2 rings (SSSR count). The summed E-state index contributed by atoms with van der Waals surface area (Å²) in [7, 11) is -8.99. The second-order valence-corrected chi connectivity index (χ2v) is 7.25. The van der Waals surface area contributed by atoms with Gasteiger partial charge in [-0.15, -0.1) is 0 Å². The van der Waals surface area contributed by atoms with Gasteiger partial charge in [0.15, 0.2) is 5.56 Å². The zero-order chi connectivity index (χ0) is 19.3. The molecule has 0 aliphatic rings. The highest BCUT2D eigenvalue weighted by atomic mass is 32.5. The summed E-state index contributed by atoms with van der Waals surface area (Å²) >= 11 is 0. The predicted molar refractivity (Wildman–Crippen MR) is 73.0 cm³/mol. The minimum Gasteiger partial charge on any atom is -0.477 e. The van der Waals surface area contributed by atoms with E-state index in [0.717, 1.165) is 13.1 Å². The molecule has 0 aliphatic carbocycles. The molecule has 0 unspecified atom stereocenters. The van der Waals surface area contributed by atoms with Gasteiger partial charge in [-0.1, -0.05) is 25.5 Å². The Morgan fingerprint density at radius 1 is 1.24 bits per heavy atom. The lowest BCUT2D eigenvalue weighted by atomic mass is 10.2. The van der Waals surface area contributed by atoms with Gasteiger partial charge in [-0.25, -0.2) is 18.3 Å². The minimum absolute atomic E-state index is 0.0533. The average Bonchev–Trinajstić information content (AvgIpc) is 2.74. The van der Waals surface area contributed by atoms with Crippen molar-refractivity contribution >= 4 is 16.2 Å². The first kappa shape index (κ1) is 18.9. The van der Waals surface area contributed by atoms with Crippen LogP contribution in [0.5, 0.6) is 11.6 Å². The minimum atomic E-state index is -9.99. The summed E-state index contributed by atoms with van der Waals surface area (Å²) in [5.41, 5.74) is -2.26. The summed E-state index contributed by atoms with van der Waals surface area (Å²) < 4.78 is 95.0. The number of alkyl halides is 2. The Hall–Kier alpha value is -2.44. The smallest absolute Gasteiger partial charge is 0.343 e. The second-order valence-electron chi connectivity index (χ2n) is 4.84. The third-order valence-corrected chi connectivity index (χ3v) is 4.05. The predicted octanol–water partition coefficient (Wildman–Crippen LogP) is 5.51. The molecule has 1 aromatic heterocycles. The highest BCUT2D eigenvalue weighted by Gasteiger charge is 2.65. The Labute approximate surface area is 135 Å². The lowest BCUT2D eigenvalue weighted by molar-refractivity contribution is 0.0681. The van der Waals surface area contributed by atoms with Crippen molar-refractivity contribution in [3.05, 3.63) is 35.5 Å². The van der Waals surface area contributed by atoms with Gasteiger partial charge in [0.05, 0.1) is 0 Å². The van der Waals surface area contributed by atoms with Crippen LogP contribution in [0.3, 0.4) is 0 Å². The van der Waals surface area contributed by atoms with Gasteiger partial charge in [0.2, 0.25) is 5.88 Å². The molecule has 1 N–H and O–H groups in total. The molecule has 0 aliphatic heterocycles. The molecule has 0 radical (unpaired) electrons. The summed E-state index contributed by atoms with van der Waals surface area (Å²) in [5, 5.41) is 12.2. The third-order valence-electron chi connectivity index (χ3n) is 2.91. The maximum absolute atomic E-state index is 12.8. The number of rotatable bonds is 5. The Balaban J connectivity index is 2.54. The van der Waals surface area contributed by atoms with Crippen molar-refractivity contribution in [1.82, 2.24) is 9.78 Å². The van der Waals surface area contributed by atoms with Crippen LogP contribution < -0.4 is 4.74 Å². The van der Waals surface area contributed by atoms with Crippen molar-refractivity contribution in [2.24, 2.45) is 7.05 Å². The summed E-state index contributed by atoms with van der Waals surface area (Å²) in [4.78, 5) is 8.85. The number of carbonyl (C=O) groups is 1. The van der Waals surface area contributed by atoms with Crippen LogP contribution in [-0.2, 0) is 7.05 Å². The van der Waals surface area contributed by atoms with Gasteiger partial charge in [0.25, 0.3) is 6.43 Å². The third kappa shape index (κ3) is 3.97. The van der Waals surface area contributed by atoms with Gasteiger partial charge < -0.3 is 9.84 Å². The van der Waals surface area contributed by atoms with E-state index in [1.807, 2.05) is 0 Å². The van der Waals surface area contributed by atoms with Crippen molar-refractivity contribution in [2.75, 3.05) is 0 Å². The number of carboxylic acids is 1. The van der Waals surface area contributed by atoms with E-state index in [1.165, 1.54) is 0 Å². The van der Waals surface area contributed by atoms with E-state index in [-0.39, 0.29) is 12.1 Å². The zero-order valence-electron chi connectivity index (χ0n) is 12.1. The SMILES string of the molecule is Cn1nc(C(F)F)c(C(=O)O)c1Oc1cccc(S(F)(F)(F)(F)F)c1.